The van der Waals surface area contributed by atoms with Gasteiger partial charge in [-0.3, -0.25) is 14.4 Å². The van der Waals surface area contributed by atoms with Crippen molar-refractivity contribution < 1.29 is 27.6 Å². The molecule has 174 valence electrons. The monoisotopic (exact) mass is 484 g/mol. The molecule has 2 fully saturated rings. The standard InChI is InChI=1S/C25H19F3N2O3S/c1-34-19-12-10-15(11-13-19)21-20-22(33-30(21)17-7-3-2-4-8-17)24(32)29(23(20)31)18-9-5-6-16(14-18)25(26,27)28/h2-14,20-22H,1H3/t20-,21+,22+/m0/s1. The van der Waals surface area contributed by atoms with Crippen LogP contribution in [0.3, 0.4) is 0 Å². The molecule has 2 saturated heterocycles. The lowest BCUT2D eigenvalue weighted by atomic mass is 9.90. The number of hydrogen-bond donors (Lipinski definition) is 0. The Balaban J connectivity index is 1.56. The van der Waals surface area contributed by atoms with Crippen molar-refractivity contribution in [1.29, 1.82) is 0 Å². The van der Waals surface area contributed by atoms with Crippen molar-refractivity contribution in [3.8, 4) is 0 Å². The van der Waals surface area contributed by atoms with Gasteiger partial charge < -0.3 is 0 Å². The molecule has 3 atom stereocenters. The van der Waals surface area contributed by atoms with E-state index in [0.29, 0.717) is 5.69 Å². The summed E-state index contributed by atoms with van der Waals surface area (Å²) in [6, 6.07) is 20.3. The summed E-state index contributed by atoms with van der Waals surface area (Å²) in [6.45, 7) is 0. The lowest BCUT2D eigenvalue weighted by Gasteiger charge is -2.29. The summed E-state index contributed by atoms with van der Waals surface area (Å²) in [7, 11) is 0. The molecule has 3 aromatic rings. The van der Waals surface area contributed by atoms with Gasteiger partial charge in [-0.2, -0.15) is 13.2 Å². The van der Waals surface area contributed by atoms with Gasteiger partial charge >= 0.3 is 6.18 Å². The molecule has 0 N–H and O–H groups in total. The van der Waals surface area contributed by atoms with Crippen molar-refractivity contribution in [3.05, 3.63) is 90.0 Å². The van der Waals surface area contributed by atoms with Gasteiger partial charge in [-0.05, 0) is 54.3 Å². The summed E-state index contributed by atoms with van der Waals surface area (Å²) < 4.78 is 39.7. The fraction of sp³-hybridized carbons (Fsp3) is 0.200. The molecule has 2 heterocycles. The molecule has 0 radical (unpaired) electrons. The normalized spacial score (nSPS) is 22.4. The van der Waals surface area contributed by atoms with E-state index in [2.05, 4.69) is 0 Å². The number of hydroxylamine groups is 1. The minimum absolute atomic E-state index is 0.120. The maximum Gasteiger partial charge on any atom is 0.416 e. The Morgan fingerprint density at radius 3 is 2.18 bits per heavy atom. The lowest BCUT2D eigenvalue weighted by Crippen LogP contribution is -2.37. The smallest absolute Gasteiger partial charge is 0.273 e. The Labute approximate surface area is 198 Å². The van der Waals surface area contributed by atoms with Crippen LogP contribution in [0.1, 0.15) is 17.2 Å². The average Bonchev–Trinajstić information content (AvgIpc) is 3.35. The first-order valence-electron chi connectivity index (χ1n) is 10.5. The summed E-state index contributed by atoms with van der Waals surface area (Å²) in [5.41, 5.74) is 0.382. The molecule has 2 aliphatic rings. The van der Waals surface area contributed by atoms with Gasteiger partial charge in [-0.1, -0.05) is 36.4 Å². The molecule has 0 aromatic heterocycles. The molecule has 0 spiro atoms. The Hall–Kier alpha value is -3.30. The molecule has 2 aliphatic heterocycles. The van der Waals surface area contributed by atoms with Crippen LogP contribution in [0.5, 0.6) is 0 Å². The van der Waals surface area contributed by atoms with E-state index < -0.39 is 41.6 Å². The minimum atomic E-state index is -4.60. The number of carbonyl (C=O) groups excluding carboxylic acids is 2. The van der Waals surface area contributed by atoms with Crippen LogP contribution in [-0.4, -0.2) is 24.2 Å². The van der Waals surface area contributed by atoms with Crippen LogP contribution in [0, 0.1) is 5.92 Å². The highest BCUT2D eigenvalue weighted by Crippen LogP contribution is 2.48. The first-order valence-corrected chi connectivity index (χ1v) is 11.7. The molecule has 9 heteroatoms. The van der Waals surface area contributed by atoms with Crippen molar-refractivity contribution in [2.75, 3.05) is 16.2 Å². The lowest BCUT2D eigenvalue weighted by molar-refractivity contribution is -0.137. The molecule has 0 saturated carbocycles. The third-order valence-corrected chi connectivity index (χ3v) is 6.76. The van der Waals surface area contributed by atoms with E-state index in [1.165, 1.54) is 12.1 Å². The van der Waals surface area contributed by atoms with Crippen molar-refractivity contribution in [1.82, 2.24) is 0 Å². The Bertz CT molecular complexity index is 1230. The van der Waals surface area contributed by atoms with Gasteiger partial charge in [0.15, 0.2) is 6.10 Å². The third kappa shape index (κ3) is 3.74. The van der Waals surface area contributed by atoms with Crippen LogP contribution in [-0.2, 0) is 20.6 Å². The number of hydrogen-bond acceptors (Lipinski definition) is 5. The first-order chi connectivity index (χ1) is 16.3. The van der Waals surface area contributed by atoms with Gasteiger partial charge in [-0.15, -0.1) is 11.8 Å². The van der Waals surface area contributed by atoms with Crippen molar-refractivity contribution in [2.24, 2.45) is 5.92 Å². The molecule has 0 aliphatic carbocycles. The highest BCUT2D eigenvalue weighted by atomic mass is 32.2. The van der Waals surface area contributed by atoms with Crippen LogP contribution in [0.25, 0.3) is 0 Å². The van der Waals surface area contributed by atoms with Crippen molar-refractivity contribution in [3.63, 3.8) is 0 Å². The number of rotatable bonds is 4. The zero-order valence-corrected chi connectivity index (χ0v) is 18.7. The second-order valence-corrected chi connectivity index (χ2v) is 8.87. The zero-order valence-electron chi connectivity index (χ0n) is 17.9. The number of anilines is 2. The molecular weight excluding hydrogens is 465 g/mol. The van der Waals surface area contributed by atoms with E-state index in [0.717, 1.165) is 27.5 Å². The van der Waals surface area contributed by atoms with Crippen LogP contribution in [0.4, 0.5) is 24.5 Å². The number of benzene rings is 3. The molecule has 5 rings (SSSR count). The SMILES string of the molecule is CSc1ccc([C@@H]2[C@@H]3C(=O)N(c4cccc(C(F)(F)F)c4)C(=O)[C@@H]3ON2c2ccccc2)cc1. The number of carbonyl (C=O) groups is 2. The van der Waals surface area contributed by atoms with E-state index in [9.17, 15) is 22.8 Å². The fourth-order valence-electron chi connectivity index (χ4n) is 4.43. The molecular formula is C25H19F3N2O3S. The summed E-state index contributed by atoms with van der Waals surface area (Å²) in [6.07, 6.45) is -3.79. The second-order valence-electron chi connectivity index (χ2n) is 7.99. The first kappa shape index (κ1) is 22.5. The topological polar surface area (TPSA) is 49.9 Å². The van der Waals surface area contributed by atoms with Gasteiger partial charge in [0.2, 0.25) is 5.91 Å². The number of para-hydroxylation sites is 1. The number of halogens is 3. The minimum Gasteiger partial charge on any atom is -0.273 e. The molecule has 2 amide bonds. The molecule has 5 nitrogen and oxygen atoms in total. The number of fused-ring (bicyclic) bond motifs is 1. The van der Waals surface area contributed by atoms with Crippen LogP contribution < -0.4 is 9.96 Å². The summed E-state index contributed by atoms with van der Waals surface area (Å²) in [5, 5.41) is 1.56. The van der Waals surface area contributed by atoms with Crippen LogP contribution in [0.15, 0.2) is 83.8 Å². The van der Waals surface area contributed by atoms with E-state index >= 15 is 0 Å². The van der Waals surface area contributed by atoms with E-state index in [1.807, 2.05) is 60.9 Å². The predicted octanol–water partition coefficient (Wildman–Crippen LogP) is 5.48. The fourth-order valence-corrected chi connectivity index (χ4v) is 4.84. The molecule has 34 heavy (non-hydrogen) atoms. The quantitative estimate of drug-likeness (QED) is 0.363. The van der Waals surface area contributed by atoms with Crippen LogP contribution in [0.2, 0.25) is 0 Å². The number of amides is 2. The zero-order chi connectivity index (χ0) is 24.0. The van der Waals surface area contributed by atoms with E-state index in [4.69, 9.17) is 4.84 Å². The van der Waals surface area contributed by atoms with Gasteiger partial charge in [0.05, 0.1) is 23.0 Å². The third-order valence-electron chi connectivity index (χ3n) is 6.02. The van der Waals surface area contributed by atoms with Crippen molar-refractivity contribution >= 4 is 35.0 Å². The van der Waals surface area contributed by atoms with Crippen molar-refractivity contribution in [2.45, 2.75) is 23.2 Å². The van der Waals surface area contributed by atoms with Crippen LogP contribution >= 0.6 is 11.8 Å². The van der Waals surface area contributed by atoms with E-state index in [1.54, 1.807) is 16.8 Å². The molecule has 3 aromatic carbocycles. The predicted molar refractivity (Wildman–Crippen MR) is 122 cm³/mol. The van der Waals surface area contributed by atoms with Gasteiger partial charge in [-0.25, -0.2) is 9.96 Å². The number of imide groups is 1. The average molecular weight is 484 g/mol. The highest BCUT2D eigenvalue weighted by molar-refractivity contribution is 7.98. The Kier molecular flexibility index (Phi) is 5.61. The summed E-state index contributed by atoms with van der Waals surface area (Å²) >= 11 is 1.57. The second kappa shape index (κ2) is 8.48. The Morgan fingerprint density at radius 1 is 0.853 bits per heavy atom. The maximum atomic E-state index is 13.6. The number of nitrogens with zero attached hydrogens (tertiary/aromatic N) is 2. The maximum absolute atomic E-state index is 13.6. The highest BCUT2D eigenvalue weighted by Gasteiger charge is 2.60. The molecule has 0 bridgehead atoms. The van der Waals surface area contributed by atoms with E-state index in [-0.39, 0.29) is 5.69 Å². The molecule has 0 unspecified atom stereocenters. The van der Waals surface area contributed by atoms with Gasteiger partial charge in [0.1, 0.15) is 5.92 Å². The largest absolute Gasteiger partial charge is 0.416 e. The van der Waals surface area contributed by atoms with Gasteiger partial charge in [0.25, 0.3) is 5.91 Å². The number of thioether (sulfide) groups is 1. The van der Waals surface area contributed by atoms with Gasteiger partial charge in [0, 0.05) is 4.90 Å². The number of alkyl halides is 3. The Morgan fingerprint density at radius 2 is 1.53 bits per heavy atom. The summed E-state index contributed by atoms with van der Waals surface area (Å²) in [4.78, 5) is 34.7. The summed E-state index contributed by atoms with van der Waals surface area (Å²) in [5.74, 6) is -2.19.